The molecule has 0 fully saturated rings. The molecule has 8 aromatic carbocycles. The summed E-state index contributed by atoms with van der Waals surface area (Å²) in [6.45, 7) is -2.29. The molecule has 0 aliphatic heterocycles. The molecule has 3 heterocycles. The van der Waals surface area contributed by atoms with Crippen LogP contribution in [0.5, 0.6) is 0 Å². The second kappa shape index (κ2) is 14.7. The molecular weight excluding hydrogens is 731 g/mol. The van der Waals surface area contributed by atoms with Crippen LogP contribution in [-0.4, -0.2) is 18.7 Å². The van der Waals surface area contributed by atoms with E-state index in [1.165, 1.54) is 0 Å². The molecule has 0 radical (unpaired) electrons. The molecule has 11 rings (SSSR count). The molecule has 60 heavy (non-hydrogen) atoms. The Bertz CT molecular complexity index is 3390. The number of anilines is 3. The molecule has 0 atom stereocenters. The molecule has 5 heteroatoms. The normalized spacial score (nSPS) is 12.4. The van der Waals surface area contributed by atoms with Crippen molar-refractivity contribution in [3.63, 3.8) is 0 Å². The second-order valence-electron chi connectivity index (χ2n) is 14.9. The molecule has 0 saturated heterocycles. The summed E-state index contributed by atoms with van der Waals surface area (Å²) in [6, 6.07) is 73.4. The van der Waals surface area contributed by atoms with Gasteiger partial charge in [0, 0.05) is 56.1 Å². The molecule has 0 spiro atoms. The van der Waals surface area contributed by atoms with E-state index in [1.807, 2.05) is 18.2 Å². The third-order valence-electron chi connectivity index (χ3n) is 11.4. The Morgan fingerprint density at radius 1 is 0.467 bits per heavy atom. The van der Waals surface area contributed by atoms with Crippen molar-refractivity contribution < 1.29 is 4.11 Å². The van der Waals surface area contributed by atoms with E-state index in [0.29, 0.717) is 5.82 Å². The van der Waals surface area contributed by atoms with Crippen LogP contribution in [0.25, 0.3) is 72.3 Å². The number of hydrogen-bond acceptors (Lipinski definition) is 2. The van der Waals surface area contributed by atoms with E-state index in [2.05, 4.69) is 207 Å². The smallest absolute Gasteiger partial charge is 0.168 e. The van der Waals surface area contributed by atoms with Crippen LogP contribution in [0.15, 0.2) is 225 Å². The summed E-state index contributed by atoms with van der Waals surface area (Å²) in [5.74, 6) is 0.543. The Morgan fingerprint density at radius 3 is 1.73 bits per heavy atom. The number of benzene rings is 8. The average Bonchev–Trinajstić information content (AvgIpc) is 3.89. The van der Waals surface area contributed by atoms with Crippen LogP contribution >= 0.6 is 0 Å². The van der Waals surface area contributed by atoms with Crippen molar-refractivity contribution in [2.75, 3.05) is 4.90 Å². The average molecular weight is 774 g/mol. The van der Waals surface area contributed by atoms with Crippen LogP contribution < -0.4 is 4.90 Å². The Kier molecular flexibility index (Phi) is 7.85. The summed E-state index contributed by atoms with van der Waals surface area (Å²) < 4.78 is 31.3. The van der Waals surface area contributed by atoms with E-state index in [9.17, 15) is 0 Å². The van der Waals surface area contributed by atoms with Gasteiger partial charge in [0.25, 0.3) is 0 Å². The predicted molar refractivity (Wildman–Crippen MR) is 249 cm³/mol. The first-order chi connectivity index (χ1) is 30.9. The number of imidazole rings is 1. The Labute approximate surface area is 353 Å². The monoisotopic (exact) mass is 773 g/mol. The van der Waals surface area contributed by atoms with Gasteiger partial charge in [0.05, 0.1) is 22.4 Å². The molecule has 0 aliphatic rings. The van der Waals surface area contributed by atoms with E-state index >= 15 is 0 Å². The molecule has 0 bridgehead atoms. The molecule has 0 saturated carbocycles. The van der Waals surface area contributed by atoms with Gasteiger partial charge in [0.1, 0.15) is 17.2 Å². The fraction of sp³-hybridized carbons (Fsp3) is 0.0182. The second-order valence-corrected chi connectivity index (χ2v) is 14.9. The zero-order chi connectivity index (χ0) is 42.5. The van der Waals surface area contributed by atoms with Crippen molar-refractivity contribution in [1.82, 2.24) is 18.7 Å². The maximum absolute atomic E-state index is 8.24. The first-order valence-electron chi connectivity index (χ1n) is 21.6. The lowest BCUT2D eigenvalue weighted by molar-refractivity contribution is 1.01. The van der Waals surface area contributed by atoms with Crippen LogP contribution in [0.1, 0.15) is 9.68 Å². The van der Waals surface area contributed by atoms with Crippen LogP contribution in [0, 0.1) is 6.85 Å². The largest absolute Gasteiger partial charge is 0.308 e. The van der Waals surface area contributed by atoms with Crippen LogP contribution in [0.3, 0.4) is 0 Å². The third-order valence-corrected chi connectivity index (χ3v) is 11.4. The third kappa shape index (κ3) is 6.03. The predicted octanol–water partition coefficient (Wildman–Crippen LogP) is 14.3. The van der Waals surface area contributed by atoms with Crippen molar-refractivity contribution in [2.45, 2.75) is 6.85 Å². The van der Waals surface area contributed by atoms with Gasteiger partial charge in [0.15, 0.2) is 17.4 Å². The molecule has 0 N–H and O–H groups in total. The molecule has 0 unspecified atom stereocenters. The minimum atomic E-state index is -2.29. The van der Waals surface area contributed by atoms with Crippen molar-refractivity contribution in [3.8, 4) is 39.4 Å². The fourth-order valence-corrected chi connectivity index (χ4v) is 8.67. The SMILES string of the molecule is [2H]C([2H])([2H])c1ccnc(-n2c3ccccc3c3ccc(N(c4cccc(-n5[cH+]n(-c6ccccc6)c6ccccc65)c4)c4c(-c5ccccc5)cccc4-c4ccccc4)cc32)c1. The lowest BCUT2D eigenvalue weighted by Gasteiger charge is -2.30. The molecule has 284 valence electrons. The van der Waals surface area contributed by atoms with E-state index < -0.39 is 6.85 Å². The molecule has 11 aromatic rings. The van der Waals surface area contributed by atoms with Gasteiger partial charge in [-0.15, -0.1) is 0 Å². The standard InChI is InChI=1S/C55H40N5/c1-39-33-34-56-54(35-39)60-50-28-12-11-25-48(50)49-32-31-45(37-53(49)60)59(55-46(40-17-5-2-6-18-40)26-16-27-47(55)41-19-7-3-8-20-41)44-24-15-23-43(36-44)58-38-57(42-21-9-4-10-22-42)51-29-13-14-30-52(51)58/h2-38H,1H3/q+1/i1D3. The number of aryl methyl sites for hydroxylation is 1. The molecule has 0 amide bonds. The minimum absolute atomic E-state index is 0.239. The van der Waals surface area contributed by atoms with Gasteiger partial charge in [-0.1, -0.05) is 140 Å². The van der Waals surface area contributed by atoms with Gasteiger partial charge >= 0.3 is 0 Å². The van der Waals surface area contributed by atoms with Crippen molar-refractivity contribution in [2.24, 2.45) is 0 Å². The highest BCUT2D eigenvalue weighted by Crippen LogP contribution is 2.48. The van der Waals surface area contributed by atoms with Gasteiger partial charge < -0.3 is 4.90 Å². The van der Waals surface area contributed by atoms with Crippen molar-refractivity contribution in [1.29, 1.82) is 0 Å². The summed E-state index contributed by atoms with van der Waals surface area (Å²) in [4.78, 5) is 7.16. The first kappa shape index (κ1) is 32.0. The zero-order valence-electron chi connectivity index (χ0n) is 35.6. The summed E-state index contributed by atoms with van der Waals surface area (Å²) in [7, 11) is 0. The topological polar surface area (TPSA) is 30.9 Å². The number of hydrogen-bond donors (Lipinski definition) is 0. The number of nitrogens with zero attached hydrogens (tertiary/aromatic N) is 5. The van der Waals surface area contributed by atoms with Crippen LogP contribution in [0.4, 0.5) is 17.1 Å². The van der Waals surface area contributed by atoms with E-state index in [4.69, 9.17) is 9.10 Å². The summed E-state index contributed by atoms with van der Waals surface area (Å²) >= 11 is 0. The lowest BCUT2D eigenvalue weighted by Crippen LogP contribution is -2.13. The first-order valence-corrected chi connectivity index (χ1v) is 20.1. The Hall–Kier alpha value is -8.02. The molecule has 0 aliphatic carbocycles. The molecule has 3 aromatic heterocycles. The summed E-state index contributed by atoms with van der Waals surface area (Å²) in [6.07, 6.45) is 3.76. The number of fused-ring (bicyclic) bond motifs is 4. The molecular formula is C55H40N5+. The Morgan fingerprint density at radius 2 is 1.03 bits per heavy atom. The fourth-order valence-electron chi connectivity index (χ4n) is 8.67. The highest BCUT2D eigenvalue weighted by atomic mass is 15.2. The van der Waals surface area contributed by atoms with Gasteiger partial charge in [-0.2, -0.15) is 9.13 Å². The van der Waals surface area contributed by atoms with Crippen molar-refractivity contribution >= 4 is 49.9 Å². The number of rotatable bonds is 8. The van der Waals surface area contributed by atoms with Gasteiger partial charge in [-0.05, 0) is 78.1 Å². The summed E-state index contributed by atoms with van der Waals surface area (Å²) in [5.41, 5.74) is 13.6. The quantitative estimate of drug-likeness (QED) is 0.144. The number of para-hydroxylation sites is 5. The number of aromatic nitrogens is 4. The van der Waals surface area contributed by atoms with Gasteiger partial charge in [0.2, 0.25) is 0 Å². The van der Waals surface area contributed by atoms with Gasteiger partial charge in [-0.25, -0.2) is 4.98 Å². The maximum Gasteiger partial charge on any atom is 0.168 e. The lowest BCUT2D eigenvalue weighted by atomic mass is 9.94. The highest BCUT2D eigenvalue weighted by Gasteiger charge is 2.25. The van der Waals surface area contributed by atoms with E-state index in [-0.39, 0.29) is 5.56 Å². The highest BCUT2D eigenvalue weighted by molar-refractivity contribution is 6.11. The van der Waals surface area contributed by atoms with E-state index in [0.717, 1.165) is 83.5 Å². The van der Waals surface area contributed by atoms with Crippen molar-refractivity contribution in [3.05, 3.63) is 230 Å². The zero-order valence-corrected chi connectivity index (χ0v) is 32.6. The van der Waals surface area contributed by atoms with Gasteiger partial charge in [-0.3, -0.25) is 4.57 Å². The van der Waals surface area contributed by atoms with Crippen LogP contribution in [-0.2, 0) is 0 Å². The minimum Gasteiger partial charge on any atom is -0.308 e. The van der Waals surface area contributed by atoms with E-state index in [1.54, 1.807) is 18.3 Å². The summed E-state index contributed by atoms with van der Waals surface area (Å²) in [5, 5.41) is 2.09. The maximum atomic E-state index is 8.24. The Balaban J connectivity index is 1.20. The molecule has 5 nitrogen and oxygen atoms in total. The van der Waals surface area contributed by atoms with Crippen LogP contribution in [0.2, 0.25) is 0 Å². The number of pyridine rings is 1.